The number of ether oxygens (including phenoxy) is 2. The topological polar surface area (TPSA) is 105 Å². The van der Waals surface area contributed by atoms with Gasteiger partial charge in [-0.2, -0.15) is 0 Å². The SMILES string of the molecule is C=CC(=O)N1CCC(Nc2cc3c(Nc4ccc(Oc5ccnc(N6CCC[C@H]6C)c5)cc4F)ncnc3cc2OC)CC1. The first-order valence-electron chi connectivity index (χ1n) is 14.9. The molecule has 2 saturated heterocycles. The van der Waals surface area contributed by atoms with E-state index in [0.29, 0.717) is 53.1 Å². The highest BCUT2D eigenvalue weighted by Gasteiger charge is 2.24. The minimum Gasteiger partial charge on any atom is -0.495 e. The number of benzene rings is 2. The van der Waals surface area contributed by atoms with Gasteiger partial charge in [-0.15, -0.1) is 0 Å². The summed E-state index contributed by atoms with van der Waals surface area (Å²) in [6.07, 6.45) is 8.35. The first-order chi connectivity index (χ1) is 21.4. The molecule has 44 heavy (non-hydrogen) atoms. The summed E-state index contributed by atoms with van der Waals surface area (Å²) in [5.41, 5.74) is 1.68. The van der Waals surface area contributed by atoms with Gasteiger partial charge in [-0.05, 0) is 62.9 Å². The fraction of sp³-hybridized carbons (Fsp3) is 0.333. The second kappa shape index (κ2) is 12.7. The lowest BCUT2D eigenvalue weighted by molar-refractivity contribution is -0.126. The lowest BCUT2D eigenvalue weighted by Crippen LogP contribution is -2.41. The molecule has 11 heteroatoms. The van der Waals surface area contributed by atoms with E-state index in [1.807, 2.05) is 18.2 Å². The van der Waals surface area contributed by atoms with Crippen LogP contribution in [0.3, 0.4) is 0 Å². The van der Waals surface area contributed by atoms with Gasteiger partial charge in [0.25, 0.3) is 0 Å². The van der Waals surface area contributed by atoms with Gasteiger partial charge < -0.3 is 29.9 Å². The van der Waals surface area contributed by atoms with Crippen LogP contribution in [0.5, 0.6) is 17.2 Å². The number of fused-ring (bicyclic) bond motifs is 1. The van der Waals surface area contributed by atoms with Crippen molar-refractivity contribution in [3.05, 3.63) is 73.5 Å². The van der Waals surface area contributed by atoms with Crippen molar-refractivity contribution < 1.29 is 18.7 Å². The Bertz CT molecular complexity index is 1680. The molecule has 0 spiro atoms. The Balaban J connectivity index is 1.19. The summed E-state index contributed by atoms with van der Waals surface area (Å²) in [5, 5.41) is 7.39. The highest BCUT2D eigenvalue weighted by molar-refractivity contribution is 5.95. The molecule has 0 saturated carbocycles. The van der Waals surface area contributed by atoms with Crippen LogP contribution in [-0.4, -0.2) is 64.6 Å². The van der Waals surface area contributed by atoms with Gasteiger partial charge in [0.05, 0.1) is 24.0 Å². The molecule has 6 rings (SSSR count). The molecule has 2 aromatic heterocycles. The molecule has 2 aliphatic heterocycles. The number of hydrogen-bond acceptors (Lipinski definition) is 9. The largest absolute Gasteiger partial charge is 0.495 e. The Labute approximate surface area is 255 Å². The maximum Gasteiger partial charge on any atom is 0.245 e. The molecular formula is C33H36FN7O3. The minimum absolute atomic E-state index is 0.0508. The van der Waals surface area contributed by atoms with E-state index >= 15 is 4.39 Å². The zero-order valence-corrected chi connectivity index (χ0v) is 24.9. The van der Waals surface area contributed by atoms with Crippen molar-refractivity contribution in [3.8, 4) is 17.2 Å². The fourth-order valence-electron chi connectivity index (χ4n) is 5.88. The van der Waals surface area contributed by atoms with Crippen LogP contribution in [0.1, 0.15) is 32.6 Å². The monoisotopic (exact) mass is 597 g/mol. The molecule has 2 fully saturated rings. The summed E-state index contributed by atoms with van der Waals surface area (Å²) in [4.78, 5) is 29.3. The Hall–Kier alpha value is -4.93. The summed E-state index contributed by atoms with van der Waals surface area (Å²) in [7, 11) is 1.61. The summed E-state index contributed by atoms with van der Waals surface area (Å²) < 4.78 is 27.0. The molecule has 0 bridgehead atoms. The average molecular weight is 598 g/mol. The van der Waals surface area contributed by atoms with E-state index in [2.05, 4.69) is 44.0 Å². The van der Waals surface area contributed by atoms with E-state index in [9.17, 15) is 4.79 Å². The number of pyridine rings is 1. The van der Waals surface area contributed by atoms with Gasteiger partial charge in [-0.3, -0.25) is 4.79 Å². The molecule has 0 radical (unpaired) electrons. The quantitative estimate of drug-likeness (QED) is 0.216. The highest BCUT2D eigenvalue weighted by Crippen LogP contribution is 2.36. The van der Waals surface area contributed by atoms with Gasteiger partial charge in [0.1, 0.15) is 41.0 Å². The van der Waals surface area contributed by atoms with Gasteiger partial charge in [0, 0.05) is 61.5 Å². The van der Waals surface area contributed by atoms with Crippen molar-refractivity contribution in [1.29, 1.82) is 0 Å². The van der Waals surface area contributed by atoms with Crippen LogP contribution in [0.15, 0.2) is 67.6 Å². The normalized spacial score (nSPS) is 17.0. The van der Waals surface area contributed by atoms with E-state index in [4.69, 9.17) is 9.47 Å². The van der Waals surface area contributed by atoms with Crippen LogP contribution >= 0.6 is 0 Å². The van der Waals surface area contributed by atoms with Crippen LogP contribution < -0.4 is 25.0 Å². The van der Waals surface area contributed by atoms with Crippen LogP contribution in [0, 0.1) is 5.82 Å². The number of nitrogens with zero attached hydrogens (tertiary/aromatic N) is 5. The molecule has 2 aliphatic rings. The van der Waals surface area contributed by atoms with Gasteiger partial charge in [0.2, 0.25) is 5.91 Å². The number of piperidine rings is 1. The summed E-state index contributed by atoms with van der Waals surface area (Å²) >= 11 is 0. The third-order valence-corrected chi connectivity index (χ3v) is 8.29. The zero-order valence-electron chi connectivity index (χ0n) is 24.9. The van der Waals surface area contributed by atoms with Crippen molar-refractivity contribution in [2.45, 2.75) is 44.7 Å². The van der Waals surface area contributed by atoms with Crippen LogP contribution in [0.4, 0.5) is 27.4 Å². The number of likely N-dealkylation sites (tertiary alicyclic amines) is 1. The predicted octanol–water partition coefficient (Wildman–Crippen LogP) is 6.29. The van der Waals surface area contributed by atoms with E-state index in [1.54, 1.807) is 36.4 Å². The Morgan fingerprint density at radius 3 is 2.57 bits per heavy atom. The number of aromatic nitrogens is 3. The van der Waals surface area contributed by atoms with Crippen molar-refractivity contribution >= 4 is 39.8 Å². The van der Waals surface area contributed by atoms with E-state index in [0.717, 1.165) is 43.7 Å². The van der Waals surface area contributed by atoms with Crippen molar-refractivity contribution in [3.63, 3.8) is 0 Å². The number of carbonyl (C=O) groups excluding carboxylic acids is 1. The second-order valence-corrected chi connectivity index (χ2v) is 11.1. The van der Waals surface area contributed by atoms with Gasteiger partial charge in [0.15, 0.2) is 0 Å². The fourth-order valence-corrected chi connectivity index (χ4v) is 5.88. The first kappa shape index (κ1) is 29.2. The number of hydrogen-bond donors (Lipinski definition) is 2. The van der Waals surface area contributed by atoms with E-state index < -0.39 is 5.82 Å². The molecule has 1 amide bonds. The lowest BCUT2D eigenvalue weighted by atomic mass is 10.0. The molecule has 4 heterocycles. The predicted molar refractivity (Wildman–Crippen MR) is 170 cm³/mol. The molecule has 0 aliphatic carbocycles. The second-order valence-electron chi connectivity index (χ2n) is 11.1. The molecule has 10 nitrogen and oxygen atoms in total. The maximum atomic E-state index is 15.4. The molecule has 228 valence electrons. The molecule has 4 aromatic rings. The number of halogens is 1. The maximum absolute atomic E-state index is 15.4. The summed E-state index contributed by atoms with van der Waals surface area (Å²) in [6.45, 7) is 8.03. The Morgan fingerprint density at radius 2 is 1.84 bits per heavy atom. The van der Waals surface area contributed by atoms with E-state index in [1.165, 1.54) is 18.5 Å². The smallest absolute Gasteiger partial charge is 0.245 e. The number of carbonyl (C=O) groups is 1. The van der Waals surface area contributed by atoms with Crippen LogP contribution in [0.2, 0.25) is 0 Å². The average Bonchev–Trinajstić information content (AvgIpc) is 3.48. The zero-order chi connectivity index (χ0) is 30.6. The molecular weight excluding hydrogens is 561 g/mol. The van der Waals surface area contributed by atoms with Gasteiger partial charge in [-0.25, -0.2) is 19.3 Å². The molecule has 2 aromatic carbocycles. The third kappa shape index (κ3) is 6.22. The Kier molecular flexibility index (Phi) is 8.44. The number of rotatable bonds is 9. The van der Waals surface area contributed by atoms with Crippen molar-refractivity contribution in [1.82, 2.24) is 19.9 Å². The standard InChI is InChI=1S/C33H36FN7O3/c1-4-32(42)40-14-10-22(11-15-40)38-29-18-25-28(19-30(29)43-3)36-20-37-33(25)39-27-8-7-23(16-26(27)34)44-24-9-12-35-31(17-24)41-13-5-6-21(41)2/h4,7-9,12,16-22,38H,1,5-6,10-11,13-15H2,2-3H3,(H,36,37,39)/t21-/m1/s1. The lowest BCUT2D eigenvalue weighted by Gasteiger charge is -2.32. The number of anilines is 4. The number of amides is 1. The van der Waals surface area contributed by atoms with Crippen LogP contribution in [-0.2, 0) is 4.79 Å². The minimum atomic E-state index is -0.482. The highest BCUT2D eigenvalue weighted by atomic mass is 19.1. The summed E-state index contributed by atoms with van der Waals surface area (Å²) in [5.74, 6) is 2.40. The van der Waals surface area contributed by atoms with Crippen LogP contribution in [0.25, 0.3) is 10.9 Å². The summed E-state index contributed by atoms with van der Waals surface area (Å²) in [6, 6.07) is 12.7. The molecule has 0 unspecified atom stereocenters. The molecule has 2 N–H and O–H groups in total. The van der Waals surface area contributed by atoms with Gasteiger partial charge in [-0.1, -0.05) is 6.58 Å². The first-order valence-corrected chi connectivity index (χ1v) is 14.9. The number of methoxy groups -OCH3 is 1. The number of nitrogens with one attached hydrogen (secondary N) is 2. The van der Waals surface area contributed by atoms with Crippen molar-refractivity contribution in [2.75, 3.05) is 42.3 Å². The van der Waals surface area contributed by atoms with Gasteiger partial charge >= 0.3 is 0 Å². The third-order valence-electron chi connectivity index (χ3n) is 8.29. The van der Waals surface area contributed by atoms with Crippen molar-refractivity contribution in [2.24, 2.45) is 0 Å². The molecule has 1 atom stereocenters. The Morgan fingerprint density at radius 1 is 1.02 bits per heavy atom. The van der Waals surface area contributed by atoms with E-state index in [-0.39, 0.29) is 17.6 Å².